The van der Waals surface area contributed by atoms with E-state index in [2.05, 4.69) is 5.32 Å². The van der Waals surface area contributed by atoms with Crippen molar-refractivity contribution >= 4 is 32.4 Å². The van der Waals surface area contributed by atoms with Crippen LogP contribution in [-0.4, -0.2) is 34.1 Å². The van der Waals surface area contributed by atoms with Gasteiger partial charge in [0, 0.05) is 6.54 Å². The van der Waals surface area contributed by atoms with Gasteiger partial charge in [-0.3, -0.25) is 9.10 Å². The van der Waals surface area contributed by atoms with Crippen LogP contribution in [0, 0.1) is 6.92 Å². The van der Waals surface area contributed by atoms with Gasteiger partial charge in [0.05, 0.1) is 24.2 Å². The van der Waals surface area contributed by atoms with E-state index in [0.717, 1.165) is 21.9 Å². The Morgan fingerprint density at radius 3 is 2.56 bits per heavy atom. The molecular weight excluding hydrogens is 476 g/mol. The number of carbonyl (C=O) groups excluding carboxylic acids is 1. The third-order valence-electron chi connectivity index (χ3n) is 6.26. The molecule has 36 heavy (non-hydrogen) atoms. The van der Waals surface area contributed by atoms with Gasteiger partial charge in [0.1, 0.15) is 11.5 Å². The summed E-state index contributed by atoms with van der Waals surface area (Å²) >= 11 is 0. The molecule has 0 aliphatic carbocycles. The molecule has 0 radical (unpaired) electrons. The molecular formula is C28H26N2O5S. The van der Waals surface area contributed by atoms with Gasteiger partial charge in [-0.15, -0.1) is 0 Å². The molecule has 1 N–H and O–H groups in total. The van der Waals surface area contributed by atoms with Crippen molar-refractivity contribution in [2.75, 3.05) is 18.0 Å². The zero-order valence-electron chi connectivity index (χ0n) is 20.0. The highest BCUT2D eigenvalue weighted by atomic mass is 32.2. The van der Waals surface area contributed by atoms with Crippen molar-refractivity contribution in [3.05, 3.63) is 96.1 Å². The van der Waals surface area contributed by atoms with E-state index in [1.54, 1.807) is 24.3 Å². The molecule has 4 aromatic rings. The Labute approximate surface area is 210 Å². The summed E-state index contributed by atoms with van der Waals surface area (Å²) in [6.45, 7) is 2.03. The van der Waals surface area contributed by atoms with E-state index in [0.29, 0.717) is 23.7 Å². The summed E-state index contributed by atoms with van der Waals surface area (Å²) in [7, 11) is -2.44. The van der Waals surface area contributed by atoms with Crippen LogP contribution in [0.15, 0.2) is 89.8 Å². The molecule has 184 valence electrons. The van der Waals surface area contributed by atoms with Crippen LogP contribution in [0.4, 0.5) is 5.69 Å². The lowest BCUT2D eigenvalue weighted by molar-refractivity contribution is -0.127. The minimum Gasteiger partial charge on any atom is -0.497 e. The minimum atomic E-state index is -3.96. The van der Waals surface area contributed by atoms with Crippen LogP contribution >= 0.6 is 0 Å². The van der Waals surface area contributed by atoms with E-state index in [-0.39, 0.29) is 17.3 Å². The van der Waals surface area contributed by atoms with Gasteiger partial charge in [0.2, 0.25) is 0 Å². The number of methoxy groups -OCH3 is 1. The molecule has 5 rings (SSSR count). The Hall–Kier alpha value is -4.04. The summed E-state index contributed by atoms with van der Waals surface area (Å²) in [6.07, 6.45) is -1.01. The Bertz CT molecular complexity index is 1530. The highest BCUT2D eigenvalue weighted by Crippen LogP contribution is 2.38. The molecule has 0 saturated carbocycles. The lowest BCUT2D eigenvalue weighted by Crippen LogP contribution is -2.50. The number of nitrogens with one attached hydrogen (secondary N) is 1. The van der Waals surface area contributed by atoms with Gasteiger partial charge in [-0.1, -0.05) is 48.5 Å². The fourth-order valence-electron chi connectivity index (χ4n) is 4.34. The second-order valence-corrected chi connectivity index (χ2v) is 10.5. The maximum absolute atomic E-state index is 13.7. The number of carbonyl (C=O) groups is 1. The maximum Gasteiger partial charge on any atom is 0.264 e. The molecule has 0 aromatic heterocycles. The van der Waals surface area contributed by atoms with Crippen molar-refractivity contribution in [2.24, 2.45) is 0 Å². The predicted octanol–water partition coefficient (Wildman–Crippen LogP) is 4.43. The molecule has 0 bridgehead atoms. The third kappa shape index (κ3) is 4.47. The van der Waals surface area contributed by atoms with Crippen LogP contribution in [0.25, 0.3) is 10.8 Å². The maximum atomic E-state index is 13.7. The van der Waals surface area contributed by atoms with Crippen molar-refractivity contribution in [1.82, 2.24) is 5.32 Å². The van der Waals surface area contributed by atoms with Crippen molar-refractivity contribution < 1.29 is 22.7 Å². The first-order chi connectivity index (χ1) is 17.4. The summed E-state index contributed by atoms with van der Waals surface area (Å²) in [4.78, 5) is 13.3. The molecule has 7 nitrogen and oxygen atoms in total. The lowest BCUT2D eigenvalue weighted by atomic mass is 10.0. The Morgan fingerprint density at radius 2 is 1.78 bits per heavy atom. The number of hydrogen-bond acceptors (Lipinski definition) is 5. The molecule has 0 spiro atoms. The topological polar surface area (TPSA) is 84.9 Å². The number of ether oxygens (including phenoxy) is 2. The Balaban J connectivity index is 1.42. The standard InChI is InChI=1S/C28H26N2O5S/c1-19-10-15-26-25(16-19)30(36(32,33)23-13-11-22(34-2)12-14-23)18-27(35-26)28(31)29-17-21-8-5-7-20-6-3-4-9-24(20)21/h3-16,27H,17-18H2,1-2H3,(H,29,31)/t27-/m0/s1. The van der Waals surface area contributed by atoms with Crippen LogP contribution < -0.4 is 19.1 Å². The number of anilines is 1. The first-order valence-corrected chi connectivity index (χ1v) is 13.0. The highest BCUT2D eigenvalue weighted by molar-refractivity contribution is 7.92. The summed E-state index contributed by atoms with van der Waals surface area (Å²) in [5.74, 6) is 0.510. The normalized spacial score (nSPS) is 15.2. The van der Waals surface area contributed by atoms with Gasteiger partial charge in [-0.25, -0.2) is 8.42 Å². The van der Waals surface area contributed by atoms with Gasteiger partial charge in [-0.05, 0) is 65.2 Å². The fourth-order valence-corrected chi connectivity index (χ4v) is 5.81. The second kappa shape index (κ2) is 9.54. The van der Waals surface area contributed by atoms with Gasteiger partial charge < -0.3 is 14.8 Å². The lowest BCUT2D eigenvalue weighted by Gasteiger charge is -2.35. The molecule has 8 heteroatoms. The first-order valence-electron chi connectivity index (χ1n) is 11.6. The molecule has 1 aliphatic rings. The van der Waals surface area contributed by atoms with E-state index < -0.39 is 16.1 Å². The van der Waals surface area contributed by atoms with E-state index in [4.69, 9.17) is 9.47 Å². The summed E-state index contributed by atoms with van der Waals surface area (Å²) in [6, 6.07) is 25.3. The first kappa shape index (κ1) is 23.7. The van der Waals surface area contributed by atoms with Crippen molar-refractivity contribution in [3.8, 4) is 11.5 Å². The molecule has 1 aliphatic heterocycles. The van der Waals surface area contributed by atoms with Crippen LogP contribution in [0.1, 0.15) is 11.1 Å². The van der Waals surface area contributed by atoms with Crippen LogP contribution in [0.3, 0.4) is 0 Å². The average Bonchev–Trinajstić information content (AvgIpc) is 2.91. The number of hydrogen-bond donors (Lipinski definition) is 1. The highest BCUT2D eigenvalue weighted by Gasteiger charge is 2.37. The van der Waals surface area contributed by atoms with Crippen molar-refractivity contribution in [3.63, 3.8) is 0 Å². The van der Waals surface area contributed by atoms with E-state index in [9.17, 15) is 13.2 Å². The summed E-state index contributed by atoms with van der Waals surface area (Å²) in [5, 5.41) is 5.06. The van der Waals surface area contributed by atoms with Crippen molar-refractivity contribution in [1.29, 1.82) is 0 Å². The number of rotatable bonds is 6. The van der Waals surface area contributed by atoms with Crippen LogP contribution in [0.5, 0.6) is 11.5 Å². The number of benzene rings is 4. The molecule has 0 unspecified atom stereocenters. The number of aryl methyl sites for hydroxylation is 1. The Morgan fingerprint density at radius 1 is 1.03 bits per heavy atom. The van der Waals surface area contributed by atoms with E-state index in [1.807, 2.05) is 55.5 Å². The monoisotopic (exact) mass is 502 g/mol. The van der Waals surface area contributed by atoms with Crippen LogP contribution in [-0.2, 0) is 21.4 Å². The smallest absolute Gasteiger partial charge is 0.264 e. The fraction of sp³-hybridized carbons (Fsp3) is 0.179. The molecule has 1 atom stereocenters. The minimum absolute atomic E-state index is 0.104. The largest absolute Gasteiger partial charge is 0.497 e. The third-order valence-corrected chi connectivity index (χ3v) is 8.05. The van der Waals surface area contributed by atoms with Gasteiger partial charge >= 0.3 is 0 Å². The molecule has 1 amide bonds. The molecule has 4 aromatic carbocycles. The number of sulfonamides is 1. The van der Waals surface area contributed by atoms with Gasteiger partial charge in [-0.2, -0.15) is 0 Å². The number of amides is 1. The molecule has 0 fully saturated rings. The van der Waals surface area contributed by atoms with Crippen molar-refractivity contribution in [2.45, 2.75) is 24.5 Å². The number of nitrogens with zero attached hydrogens (tertiary/aromatic N) is 1. The average molecular weight is 503 g/mol. The summed E-state index contributed by atoms with van der Waals surface area (Å²) < 4.78 is 39.7. The second-order valence-electron chi connectivity index (χ2n) is 8.65. The Kier molecular flexibility index (Phi) is 6.28. The predicted molar refractivity (Wildman–Crippen MR) is 139 cm³/mol. The van der Waals surface area contributed by atoms with Crippen LogP contribution in [0.2, 0.25) is 0 Å². The van der Waals surface area contributed by atoms with E-state index in [1.165, 1.54) is 23.5 Å². The SMILES string of the molecule is COc1ccc(S(=O)(=O)N2C[C@@H](C(=O)NCc3cccc4ccccc34)Oc3ccc(C)cc32)cc1. The molecule has 0 saturated heterocycles. The molecule has 1 heterocycles. The zero-order valence-corrected chi connectivity index (χ0v) is 20.8. The summed E-state index contributed by atoms with van der Waals surface area (Å²) in [5.41, 5.74) is 2.26. The zero-order chi connectivity index (χ0) is 25.3. The quantitative estimate of drug-likeness (QED) is 0.422. The van der Waals surface area contributed by atoms with E-state index >= 15 is 0 Å². The number of fused-ring (bicyclic) bond motifs is 2. The van der Waals surface area contributed by atoms with Gasteiger partial charge in [0.25, 0.3) is 15.9 Å². The van der Waals surface area contributed by atoms with Gasteiger partial charge in [0.15, 0.2) is 6.10 Å².